The van der Waals surface area contributed by atoms with Crippen molar-refractivity contribution in [3.8, 4) is 0 Å². The van der Waals surface area contributed by atoms with Crippen LogP contribution in [-0.2, 0) is 17.8 Å². The van der Waals surface area contributed by atoms with Crippen molar-refractivity contribution in [2.24, 2.45) is 5.92 Å². The average molecular weight is 453 g/mol. The Kier molecular flexibility index (Phi) is 6.26. The molecule has 0 aromatic heterocycles. The Morgan fingerprint density at radius 1 is 0.647 bits per heavy atom. The molecule has 2 aliphatic rings. The molecule has 2 amide bonds. The Labute approximate surface area is 200 Å². The van der Waals surface area contributed by atoms with Crippen LogP contribution in [0.25, 0.3) is 0 Å². The monoisotopic (exact) mass is 452 g/mol. The van der Waals surface area contributed by atoms with Crippen molar-refractivity contribution in [3.63, 3.8) is 0 Å². The van der Waals surface area contributed by atoms with Crippen LogP contribution in [0.2, 0.25) is 0 Å². The first kappa shape index (κ1) is 22.1. The van der Waals surface area contributed by atoms with Gasteiger partial charge in [-0.15, -0.1) is 0 Å². The lowest BCUT2D eigenvalue weighted by atomic mass is 9.92. The maximum Gasteiger partial charge on any atom is 0.254 e. The van der Waals surface area contributed by atoms with Gasteiger partial charge in [0.1, 0.15) is 0 Å². The summed E-state index contributed by atoms with van der Waals surface area (Å²) in [7, 11) is 0. The van der Waals surface area contributed by atoms with Crippen molar-refractivity contribution in [2.45, 2.75) is 25.8 Å². The predicted octanol–water partition coefficient (Wildman–Crippen LogP) is 4.35. The highest BCUT2D eigenvalue weighted by Gasteiger charge is 2.32. The fourth-order valence-corrected chi connectivity index (χ4v) is 5.05. The van der Waals surface area contributed by atoms with Gasteiger partial charge in [0.2, 0.25) is 5.91 Å². The second kappa shape index (κ2) is 9.64. The number of carbonyl (C=O) groups is 3. The summed E-state index contributed by atoms with van der Waals surface area (Å²) in [5.74, 6) is -0.158. The van der Waals surface area contributed by atoms with Gasteiger partial charge in [-0.05, 0) is 36.5 Å². The van der Waals surface area contributed by atoms with Crippen molar-refractivity contribution in [3.05, 3.63) is 107 Å². The molecule has 0 atom stereocenters. The molecule has 5 heteroatoms. The number of hydrogen-bond acceptors (Lipinski definition) is 3. The first-order valence-corrected chi connectivity index (χ1v) is 12.0. The smallest absolute Gasteiger partial charge is 0.254 e. The number of carbonyl (C=O) groups excluding carboxylic acids is 3. The summed E-state index contributed by atoms with van der Waals surface area (Å²) in [6.45, 7) is 2.47. The van der Waals surface area contributed by atoms with E-state index in [0.717, 1.165) is 13.0 Å². The number of likely N-dealkylation sites (tertiary alicyclic amines) is 1. The summed E-state index contributed by atoms with van der Waals surface area (Å²) in [5.41, 5.74) is 3.97. The van der Waals surface area contributed by atoms with E-state index < -0.39 is 0 Å². The summed E-state index contributed by atoms with van der Waals surface area (Å²) in [6, 6.07) is 24.4. The number of amides is 2. The third kappa shape index (κ3) is 4.38. The van der Waals surface area contributed by atoms with E-state index in [4.69, 9.17) is 0 Å². The van der Waals surface area contributed by atoms with Gasteiger partial charge in [-0.25, -0.2) is 0 Å². The van der Waals surface area contributed by atoms with E-state index in [9.17, 15) is 14.4 Å². The Hall–Kier alpha value is -3.73. The van der Waals surface area contributed by atoms with Crippen molar-refractivity contribution in [1.82, 2.24) is 9.80 Å². The molecular weight excluding hydrogens is 424 g/mol. The molecule has 5 nitrogen and oxygen atoms in total. The van der Waals surface area contributed by atoms with Crippen LogP contribution in [-0.4, -0.2) is 47.0 Å². The zero-order valence-electron chi connectivity index (χ0n) is 19.2. The first-order chi connectivity index (χ1) is 16.6. The molecule has 3 aromatic carbocycles. The van der Waals surface area contributed by atoms with Gasteiger partial charge in [0, 0.05) is 43.2 Å². The fourth-order valence-electron chi connectivity index (χ4n) is 5.05. The molecule has 0 saturated carbocycles. The van der Waals surface area contributed by atoms with Crippen molar-refractivity contribution in [1.29, 1.82) is 0 Å². The highest BCUT2D eigenvalue weighted by atomic mass is 16.2. The van der Waals surface area contributed by atoms with Crippen LogP contribution in [0, 0.1) is 5.92 Å². The molecule has 34 heavy (non-hydrogen) atoms. The summed E-state index contributed by atoms with van der Waals surface area (Å²) in [4.78, 5) is 43.3. The van der Waals surface area contributed by atoms with Crippen LogP contribution in [0.4, 0.5) is 0 Å². The third-order valence-corrected chi connectivity index (χ3v) is 7.01. The zero-order valence-corrected chi connectivity index (χ0v) is 19.2. The van der Waals surface area contributed by atoms with E-state index in [1.807, 2.05) is 29.2 Å². The highest BCUT2D eigenvalue weighted by Crippen LogP contribution is 2.26. The number of hydrogen-bond donors (Lipinski definition) is 0. The van der Waals surface area contributed by atoms with Crippen LogP contribution in [0.1, 0.15) is 50.2 Å². The van der Waals surface area contributed by atoms with Gasteiger partial charge in [-0.1, -0.05) is 72.8 Å². The molecule has 2 aliphatic heterocycles. The zero-order chi connectivity index (χ0) is 23.5. The van der Waals surface area contributed by atoms with Crippen molar-refractivity contribution >= 4 is 17.6 Å². The van der Waals surface area contributed by atoms with Gasteiger partial charge in [0.15, 0.2) is 5.78 Å². The van der Waals surface area contributed by atoms with Crippen LogP contribution in [0.3, 0.4) is 0 Å². The molecule has 1 saturated heterocycles. The van der Waals surface area contributed by atoms with Gasteiger partial charge in [0.25, 0.3) is 5.91 Å². The lowest BCUT2D eigenvalue weighted by molar-refractivity contribution is -0.137. The average Bonchev–Trinajstić information content (AvgIpc) is 2.92. The summed E-state index contributed by atoms with van der Waals surface area (Å²) in [6.07, 6.45) is 2.19. The fraction of sp³-hybridized carbons (Fsp3) is 0.276. The number of ketones is 1. The van der Waals surface area contributed by atoms with E-state index >= 15 is 0 Å². The second-order valence-corrected chi connectivity index (χ2v) is 9.09. The van der Waals surface area contributed by atoms with Gasteiger partial charge >= 0.3 is 0 Å². The standard InChI is InChI=1S/C29H28N2O3/c32-27(22-9-2-1-3-10-22)25-12-6-7-13-26(25)29(34)30-17-15-23(16-18-30)28(33)31-19-14-21-8-4-5-11-24(21)20-31/h1-13,23H,14-20H2. The third-order valence-electron chi connectivity index (χ3n) is 7.01. The lowest BCUT2D eigenvalue weighted by Crippen LogP contribution is -2.45. The Bertz CT molecular complexity index is 1210. The number of benzene rings is 3. The van der Waals surface area contributed by atoms with Crippen LogP contribution in [0.15, 0.2) is 78.9 Å². The predicted molar refractivity (Wildman–Crippen MR) is 131 cm³/mol. The van der Waals surface area contributed by atoms with E-state index in [1.165, 1.54) is 11.1 Å². The maximum absolute atomic E-state index is 13.4. The number of rotatable bonds is 4. The highest BCUT2D eigenvalue weighted by molar-refractivity contribution is 6.15. The van der Waals surface area contributed by atoms with Crippen LogP contribution >= 0.6 is 0 Å². The minimum absolute atomic E-state index is 0.0597. The minimum atomic E-state index is -0.153. The number of piperidine rings is 1. The maximum atomic E-state index is 13.4. The largest absolute Gasteiger partial charge is 0.339 e. The summed E-state index contributed by atoms with van der Waals surface area (Å²) < 4.78 is 0. The van der Waals surface area contributed by atoms with E-state index in [1.54, 1.807) is 41.3 Å². The summed E-state index contributed by atoms with van der Waals surface area (Å²) >= 11 is 0. The second-order valence-electron chi connectivity index (χ2n) is 9.09. The lowest BCUT2D eigenvalue weighted by Gasteiger charge is -2.36. The summed E-state index contributed by atoms with van der Waals surface area (Å²) in [5, 5.41) is 0. The molecular formula is C29H28N2O3. The molecule has 2 heterocycles. The van der Waals surface area contributed by atoms with Crippen molar-refractivity contribution < 1.29 is 14.4 Å². The molecule has 172 valence electrons. The Morgan fingerprint density at radius 2 is 1.26 bits per heavy atom. The van der Waals surface area contributed by atoms with Crippen LogP contribution < -0.4 is 0 Å². The quantitative estimate of drug-likeness (QED) is 0.553. The molecule has 0 N–H and O–H groups in total. The van der Waals surface area contributed by atoms with Gasteiger partial charge in [-0.2, -0.15) is 0 Å². The SMILES string of the molecule is O=C(c1ccccc1)c1ccccc1C(=O)N1CCC(C(=O)N2CCc3ccccc3C2)CC1. The van der Waals surface area contributed by atoms with Crippen LogP contribution in [0.5, 0.6) is 0 Å². The molecule has 0 radical (unpaired) electrons. The minimum Gasteiger partial charge on any atom is -0.339 e. The van der Waals surface area contributed by atoms with Gasteiger partial charge < -0.3 is 9.80 Å². The first-order valence-electron chi connectivity index (χ1n) is 12.0. The van der Waals surface area contributed by atoms with Crippen molar-refractivity contribution in [2.75, 3.05) is 19.6 Å². The molecule has 3 aromatic rings. The Morgan fingerprint density at radius 3 is 2.00 bits per heavy atom. The van der Waals surface area contributed by atoms with E-state index in [-0.39, 0.29) is 23.5 Å². The molecule has 0 unspecified atom stereocenters. The normalized spacial score (nSPS) is 16.1. The number of fused-ring (bicyclic) bond motifs is 1. The molecule has 5 rings (SSSR count). The molecule has 0 aliphatic carbocycles. The van der Waals surface area contributed by atoms with E-state index in [2.05, 4.69) is 18.2 Å². The van der Waals surface area contributed by atoms with E-state index in [0.29, 0.717) is 49.2 Å². The molecule has 0 spiro atoms. The number of nitrogens with zero attached hydrogens (tertiary/aromatic N) is 2. The Balaban J connectivity index is 1.24. The molecule has 1 fully saturated rings. The van der Waals surface area contributed by atoms with Gasteiger partial charge in [-0.3, -0.25) is 14.4 Å². The molecule has 0 bridgehead atoms. The van der Waals surface area contributed by atoms with Gasteiger partial charge in [0.05, 0.1) is 5.56 Å². The topological polar surface area (TPSA) is 57.7 Å².